The molecule has 1 fully saturated rings. The normalized spacial score (nSPS) is 31.4. The van der Waals surface area contributed by atoms with Crippen LogP contribution in [0.25, 0.3) is 0 Å². The van der Waals surface area contributed by atoms with Crippen LogP contribution in [0.5, 0.6) is 0 Å². The third kappa shape index (κ3) is 2.45. The topological polar surface area (TPSA) is 49.8 Å². The van der Waals surface area contributed by atoms with E-state index < -0.39 is 5.97 Å². The van der Waals surface area contributed by atoms with Crippen molar-refractivity contribution in [2.45, 2.75) is 45.4 Å². The molecule has 0 spiro atoms. The number of ether oxygens (including phenoxy) is 1. The molecule has 0 saturated carbocycles. The predicted molar refractivity (Wildman–Crippen MR) is 53.3 cm³/mol. The second-order valence-corrected chi connectivity index (χ2v) is 3.95. The Labute approximate surface area is 84.8 Å². The highest BCUT2D eigenvalue weighted by Crippen LogP contribution is 2.16. The maximum Gasteiger partial charge on any atom is 0.320 e. The molecular formula is C10H19NO3. The number of nitrogens with zero attached hydrogens (tertiary/aromatic N) is 1. The molecule has 3 unspecified atom stereocenters. The van der Waals surface area contributed by atoms with Crippen LogP contribution in [0, 0.1) is 0 Å². The second-order valence-electron chi connectivity index (χ2n) is 3.95. The van der Waals surface area contributed by atoms with Crippen molar-refractivity contribution < 1.29 is 14.6 Å². The summed E-state index contributed by atoms with van der Waals surface area (Å²) in [4.78, 5) is 13.0. The van der Waals surface area contributed by atoms with Crippen LogP contribution in [0.1, 0.15) is 27.2 Å². The minimum Gasteiger partial charge on any atom is -0.480 e. The molecule has 0 amide bonds. The Kier molecular flexibility index (Phi) is 3.89. The van der Waals surface area contributed by atoms with Gasteiger partial charge >= 0.3 is 5.97 Å². The van der Waals surface area contributed by atoms with Crippen LogP contribution in [-0.4, -0.2) is 47.3 Å². The van der Waals surface area contributed by atoms with Crippen molar-refractivity contribution in [3.63, 3.8) is 0 Å². The average molecular weight is 201 g/mol. The standard InChI is InChI=1S/C10H19NO3/c1-4-9(10(12)13)11-5-8(3)14-6-7(11)2/h7-9H,4-6H2,1-3H3,(H,12,13). The van der Waals surface area contributed by atoms with Gasteiger partial charge < -0.3 is 9.84 Å². The molecule has 0 aliphatic carbocycles. The molecule has 1 rings (SSSR count). The van der Waals surface area contributed by atoms with Crippen LogP contribution < -0.4 is 0 Å². The minimum absolute atomic E-state index is 0.139. The number of carboxylic acid groups (broad SMARTS) is 1. The minimum atomic E-state index is -0.728. The van der Waals surface area contributed by atoms with Crippen molar-refractivity contribution in [1.82, 2.24) is 4.90 Å². The van der Waals surface area contributed by atoms with E-state index in [0.29, 0.717) is 19.6 Å². The van der Waals surface area contributed by atoms with Gasteiger partial charge in [0.05, 0.1) is 12.7 Å². The molecule has 4 heteroatoms. The van der Waals surface area contributed by atoms with Gasteiger partial charge in [0.1, 0.15) is 6.04 Å². The van der Waals surface area contributed by atoms with Crippen molar-refractivity contribution in [2.75, 3.05) is 13.2 Å². The first-order valence-electron chi connectivity index (χ1n) is 5.16. The third-order valence-electron chi connectivity index (χ3n) is 2.73. The molecule has 1 aliphatic heterocycles. The van der Waals surface area contributed by atoms with Crippen LogP contribution in [0.15, 0.2) is 0 Å². The SMILES string of the molecule is CCC(C(=O)O)N1CC(C)OCC1C. The van der Waals surface area contributed by atoms with E-state index in [4.69, 9.17) is 9.84 Å². The van der Waals surface area contributed by atoms with Gasteiger partial charge in [-0.05, 0) is 20.3 Å². The molecule has 0 aromatic rings. The first-order valence-corrected chi connectivity index (χ1v) is 5.16. The fourth-order valence-corrected chi connectivity index (χ4v) is 1.91. The molecule has 1 aliphatic rings. The molecule has 4 nitrogen and oxygen atoms in total. The highest BCUT2D eigenvalue weighted by molar-refractivity contribution is 5.73. The van der Waals surface area contributed by atoms with E-state index in [-0.39, 0.29) is 18.2 Å². The lowest BCUT2D eigenvalue weighted by atomic mass is 10.1. The number of hydrogen-bond acceptors (Lipinski definition) is 3. The molecule has 1 heterocycles. The molecule has 0 aromatic carbocycles. The fraction of sp³-hybridized carbons (Fsp3) is 0.900. The summed E-state index contributed by atoms with van der Waals surface area (Å²) in [6.07, 6.45) is 0.784. The zero-order chi connectivity index (χ0) is 10.7. The Morgan fingerprint density at radius 3 is 2.79 bits per heavy atom. The molecule has 0 radical (unpaired) electrons. The number of hydrogen-bond donors (Lipinski definition) is 1. The molecule has 0 aromatic heterocycles. The van der Waals surface area contributed by atoms with E-state index in [1.165, 1.54) is 0 Å². The van der Waals surface area contributed by atoms with Crippen molar-refractivity contribution in [1.29, 1.82) is 0 Å². The third-order valence-corrected chi connectivity index (χ3v) is 2.73. The van der Waals surface area contributed by atoms with E-state index in [2.05, 4.69) is 0 Å². The first-order chi connectivity index (χ1) is 6.56. The van der Waals surface area contributed by atoms with Gasteiger partial charge in [-0.3, -0.25) is 9.69 Å². The average Bonchev–Trinajstić information content (AvgIpc) is 2.11. The molecule has 14 heavy (non-hydrogen) atoms. The van der Waals surface area contributed by atoms with E-state index in [0.717, 1.165) is 0 Å². The number of rotatable bonds is 3. The maximum atomic E-state index is 11.0. The molecule has 1 saturated heterocycles. The van der Waals surface area contributed by atoms with Gasteiger partial charge in [0.2, 0.25) is 0 Å². The highest BCUT2D eigenvalue weighted by atomic mass is 16.5. The Morgan fingerprint density at radius 2 is 2.29 bits per heavy atom. The Hall–Kier alpha value is -0.610. The quantitative estimate of drug-likeness (QED) is 0.739. The van der Waals surface area contributed by atoms with Crippen LogP contribution in [0.3, 0.4) is 0 Å². The lowest BCUT2D eigenvalue weighted by Crippen LogP contribution is -2.54. The summed E-state index contributed by atoms with van der Waals surface area (Å²) in [6.45, 7) is 7.24. The summed E-state index contributed by atoms with van der Waals surface area (Å²) in [5.74, 6) is -0.728. The highest BCUT2D eigenvalue weighted by Gasteiger charge is 2.32. The van der Waals surface area contributed by atoms with Gasteiger partial charge in [-0.15, -0.1) is 0 Å². The van der Waals surface area contributed by atoms with Crippen LogP contribution in [0.2, 0.25) is 0 Å². The van der Waals surface area contributed by atoms with Crippen LogP contribution in [0.4, 0.5) is 0 Å². The lowest BCUT2D eigenvalue weighted by molar-refractivity contribution is -0.149. The zero-order valence-electron chi connectivity index (χ0n) is 9.06. The molecule has 82 valence electrons. The zero-order valence-corrected chi connectivity index (χ0v) is 9.06. The number of carboxylic acids is 1. The van der Waals surface area contributed by atoms with Crippen molar-refractivity contribution >= 4 is 5.97 Å². The Balaban J connectivity index is 2.66. The van der Waals surface area contributed by atoms with Crippen molar-refractivity contribution in [2.24, 2.45) is 0 Å². The summed E-state index contributed by atoms with van der Waals surface area (Å²) in [5, 5.41) is 9.05. The summed E-state index contributed by atoms with van der Waals surface area (Å²) in [7, 11) is 0. The number of carbonyl (C=O) groups is 1. The van der Waals surface area contributed by atoms with Gasteiger partial charge in [0.15, 0.2) is 0 Å². The van der Waals surface area contributed by atoms with Gasteiger partial charge in [0.25, 0.3) is 0 Å². The van der Waals surface area contributed by atoms with Crippen LogP contribution >= 0.6 is 0 Å². The lowest BCUT2D eigenvalue weighted by Gasteiger charge is -2.39. The molecule has 3 atom stereocenters. The predicted octanol–water partition coefficient (Wildman–Crippen LogP) is 0.959. The van der Waals surface area contributed by atoms with E-state index in [1.54, 1.807) is 0 Å². The van der Waals surface area contributed by atoms with Crippen LogP contribution in [-0.2, 0) is 9.53 Å². The van der Waals surface area contributed by atoms with Gasteiger partial charge in [0, 0.05) is 12.6 Å². The largest absolute Gasteiger partial charge is 0.480 e. The van der Waals surface area contributed by atoms with Crippen molar-refractivity contribution in [3.05, 3.63) is 0 Å². The molecule has 0 bridgehead atoms. The summed E-state index contributed by atoms with van der Waals surface area (Å²) >= 11 is 0. The van der Waals surface area contributed by atoms with E-state index in [1.807, 2.05) is 25.7 Å². The summed E-state index contributed by atoms with van der Waals surface area (Å²) < 4.78 is 5.46. The fourth-order valence-electron chi connectivity index (χ4n) is 1.91. The summed E-state index contributed by atoms with van der Waals surface area (Å²) in [6, 6.07) is -0.163. The smallest absolute Gasteiger partial charge is 0.320 e. The Bertz CT molecular complexity index is 208. The van der Waals surface area contributed by atoms with Gasteiger partial charge in [-0.1, -0.05) is 6.92 Å². The molecule has 1 N–H and O–H groups in total. The monoisotopic (exact) mass is 201 g/mol. The van der Waals surface area contributed by atoms with E-state index in [9.17, 15) is 4.79 Å². The first kappa shape index (κ1) is 11.5. The number of morpholine rings is 1. The Morgan fingerprint density at radius 1 is 1.64 bits per heavy atom. The van der Waals surface area contributed by atoms with Crippen molar-refractivity contribution in [3.8, 4) is 0 Å². The number of aliphatic carboxylic acids is 1. The van der Waals surface area contributed by atoms with Gasteiger partial charge in [-0.25, -0.2) is 0 Å². The maximum absolute atomic E-state index is 11.0. The molecular weight excluding hydrogens is 182 g/mol. The van der Waals surface area contributed by atoms with Gasteiger partial charge in [-0.2, -0.15) is 0 Å². The second kappa shape index (κ2) is 4.75. The van der Waals surface area contributed by atoms with E-state index >= 15 is 0 Å². The summed E-state index contributed by atoms with van der Waals surface area (Å²) in [5.41, 5.74) is 0.